The summed E-state index contributed by atoms with van der Waals surface area (Å²) in [7, 11) is 0. The molecular formula is C12H18N4O3. The molecule has 1 aromatic rings. The smallest absolute Gasteiger partial charge is 0.326 e. The quantitative estimate of drug-likeness (QED) is 0.838. The Morgan fingerprint density at radius 1 is 1.53 bits per heavy atom. The van der Waals surface area contributed by atoms with Gasteiger partial charge in [0.05, 0.1) is 0 Å². The molecule has 7 nitrogen and oxygen atoms in total. The Bertz CT molecular complexity index is 485. The van der Waals surface area contributed by atoms with Crippen LogP contribution in [-0.2, 0) is 11.2 Å². The Kier molecular flexibility index (Phi) is 3.82. The van der Waals surface area contributed by atoms with Crippen molar-refractivity contribution in [1.82, 2.24) is 20.1 Å². The molecule has 0 aromatic carbocycles. The van der Waals surface area contributed by atoms with Crippen molar-refractivity contribution in [2.75, 3.05) is 6.54 Å². The van der Waals surface area contributed by atoms with Crippen LogP contribution in [0.3, 0.4) is 0 Å². The number of amides is 1. The van der Waals surface area contributed by atoms with E-state index in [1.807, 2.05) is 13.8 Å². The Morgan fingerprint density at radius 3 is 2.84 bits per heavy atom. The lowest BCUT2D eigenvalue weighted by Gasteiger charge is -2.36. The van der Waals surface area contributed by atoms with Gasteiger partial charge in [0.15, 0.2) is 0 Å². The molecule has 1 fully saturated rings. The molecule has 2 unspecified atom stereocenters. The van der Waals surface area contributed by atoms with Crippen molar-refractivity contribution in [3.8, 4) is 0 Å². The summed E-state index contributed by atoms with van der Waals surface area (Å²) in [5, 5.41) is 15.8. The van der Waals surface area contributed by atoms with Crippen LogP contribution < -0.4 is 0 Å². The molecule has 1 aliphatic rings. The monoisotopic (exact) mass is 266 g/mol. The second-order valence-electron chi connectivity index (χ2n) is 4.86. The minimum Gasteiger partial charge on any atom is -0.480 e. The van der Waals surface area contributed by atoms with Gasteiger partial charge < -0.3 is 10.0 Å². The molecule has 2 rings (SSSR count). The van der Waals surface area contributed by atoms with E-state index >= 15 is 0 Å². The van der Waals surface area contributed by atoms with Crippen molar-refractivity contribution in [3.63, 3.8) is 0 Å². The van der Waals surface area contributed by atoms with Gasteiger partial charge in [-0.25, -0.2) is 9.78 Å². The number of aromatic amines is 1. The number of carbonyl (C=O) groups is 2. The van der Waals surface area contributed by atoms with E-state index in [1.54, 1.807) is 0 Å². The first-order chi connectivity index (χ1) is 9.04. The van der Waals surface area contributed by atoms with Crippen LogP contribution in [0, 0.1) is 5.92 Å². The van der Waals surface area contributed by atoms with Gasteiger partial charge in [-0.05, 0) is 18.8 Å². The summed E-state index contributed by atoms with van der Waals surface area (Å²) in [6.45, 7) is 4.20. The molecular weight excluding hydrogens is 248 g/mol. The number of aromatic nitrogens is 3. The van der Waals surface area contributed by atoms with E-state index in [0.29, 0.717) is 18.8 Å². The number of likely N-dealkylation sites (tertiary alicyclic amines) is 1. The maximum Gasteiger partial charge on any atom is 0.326 e. The van der Waals surface area contributed by atoms with Crippen LogP contribution in [0.4, 0.5) is 0 Å². The lowest BCUT2D eigenvalue weighted by molar-refractivity contribution is -0.145. The first kappa shape index (κ1) is 13.5. The number of carboxylic acid groups (broad SMARTS) is 1. The predicted octanol–water partition coefficient (Wildman–Crippen LogP) is 0.692. The highest BCUT2D eigenvalue weighted by molar-refractivity contribution is 5.93. The minimum absolute atomic E-state index is 0.0530. The topological polar surface area (TPSA) is 99.2 Å². The molecule has 2 atom stereocenters. The predicted molar refractivity (Wildman–Crippen MR) is 66.6 cm³/mol. The SMILES string of the molecule is CCc1nc(C(=O)N2CCCC(C)C2C(=O)O)n[nH]1. The van der Waals surface area contributed by atoms with Crippen LogP contribution in [0.5, 0.6) is 0 Å². The second kappa shape index (κ2) is 5.38. The van der Waals surface area contributed by atoms with Gasteiger partial charge in [-0.2, -0.15) is 0 Å². The fourth-order valence-electron chi connectivity index (χ4n) is 2.47. The van der Waals surface area contributed by atoms with Gasteiger partial charge in [0, 0.05) is 13.0 Å². The molecule has 7 heteroatoms. The molecule has 1 amide bonds. The van der Waals surface area contributed by atoms with E-state index in [4.69, 9.17) is 0 Å². The van der Waals surface area contributed by atoms with Crippen LogP contribution >= 0.6 is 0 Å². The summed E-state index contributed by atoms with van der Waals surface area (Å²) >= 11 is 0. The van der Waals surface area contributed by atoms with Gasteiger partial charge >= 0.3 is 5.97 Å². The van der Waals surface area contributed by atoms with Crippen LogP contribution in [0.15, 0.2) is 0 Å². The zero-order chi connectivity index (χ0) is 14.0. The standard InChI is InChI=1S/C12H18N4O3/c1-3-8-13-10(15-14-8)11(17)16-6-4-5-7(2)9(16)12(18)19/h7,9H,3-6H2,1-2H3,(H,18,19)(H,13,14,15). The van der Waals surface area contributed by atoms with E-state index in [1.165, 1.54) is 4.90 Å². The summed E-state index contributed by atoms with van der Waals surface area (Å²) in [5.74, 6) is -0.751. The van der Waals surface area contributed by atoms with Crippen LogP contribution in [0.1, 0.15) is 43.1 Å². The Hall–Kier alpha value is -1.92. The number of carbonyl (C=O) groups excluding carboxylic acids is 1. The van der Waals surface area contributed by atoms with Crippen molar-refractivity contribution in [2.45, 2.75) is 39.2 Å². The average Bonchev–Trinajstić information content (AvgIpc) is 2.85. The summed E-state index contributed by atoms with van der Waals surface area (Å²) in [4.78, 5) is 29.1. The summed E-state index contributed by atoms with van der Waals surface area (Å²) in [6, 6.07) is -0.787. The number of piperidine rings is 1. The third kappa shape index (κ3) is 2.59. The highest BCUT2D eigenvalue weighted by Gasteiger charge is 2.38. The van der Waals surface area contributed by atoms with Crippen LogP contribution in [0.2, 0.25) is 0 Å². The number of nitrogens with zero attached hydrogens (tertiary/aromatic N) is 3. The van der Waals surface area contributed by atoms with E-state index in [0.717, 1.165) is 12.8 Å². The first-order valence-corrected chi connectivity index (χ1v) is 6.49. The molecule has 1 saturated heterocycles. The first-order valence-electron chi connectivity index (χ1n) is 6.49. The molecule has 1 aliphatic heterocycles. The maximum atomic E-state index is 12.3. The average molecular weight is 266 g/mol. The minimum atomic E-state index is -0.966. The van der Waals surface area contributed by atoms with Gasteiger partial charge in [0.1, 0.15) is 11.9 Å². The van der Waals surface area contributed by atoms with Crippen molar-refractivity contribution < 1.29 is 14.7 Å². The number of H-pyrrole nitrogens is 1. The zero-order valence-electron chi connectivity index (χ0n) is 11.1. The zero-order valence-corrected chi connectivity index (χ0v) is 11.1. The lowest BCUT2D eigenvalue weighted by Crippen LogP contribution is -2.52. The van der Waals surface area contributed by atoms with Crippen LogP contribution in [0.25, 0.3) is 0 Å². The molecule has 0 bridgehead atoms. The largest absolute Gasteiger partial charge is 0.480 e. The third-order valence-electron chi connectivity index (χ3n) is 3.51. The Balaban J connectivity index is 2.22. The highest BCUT2D eigenvalue weighted by atomic mass is 16.4. The molecule has 0 aliphatic carbocycles. The molecule has 0 radical (unpaired) electrons. The molecule has 2 N–H and O–H groups in total. The van der Waals surface area contributed by atoms with E-state index in [-0.39, 0.29) is 11.7 Å². The van der Waals surface area contributed by atoms with Crippen molar-refractivity contribution in [1.29, 1.82) is 0 Å². The van der Waals surface area contributed by atoms with Gasteiger partial charge in [-0.3, -0.25) is 9.89 Å². The fraction of sp³-hybridized carbons (Fsp3) is 0.667. The number of aryl methyl sites for hydroxylation is 1. The number of hydrogen-bond donors (Lipinski definition) is 2. The van der Waals surface area contributed by atoms with Gasteiger partial charge in [0.25, 0.3) is 5.91 Å². The van der Waals surface area contributed by atoms with Crippen molar-refractivity contribution in [2.24, 2.45) is 5.92 Å². The third-order valence-corrected chi connectivity index (χ3v) is 3.51. The fourth-order valence-corrected chi connectivity index (χ4v) is 2.47. The number of hydrogen-bond acceptors (Lipinski definition) is 4. The number of nitrogens with one attached hydrogen (secondary N) is 1. The van der Waals surface area contributed by atoms with Gasteiger partial charge in [-0.15, -0.1) is 5.10 Å². The second-order valence-corrected chi connectivity index (χ2v) is 4.86. The van der Waals surface area contributed by atoms with Crippen LogP contribution in [-0.4, -0.2) is 49.7 Å². The highest BCUT2D eigenvalue weighted by Crippen LogP contribution is 2.24. The van der Waals surface area contributed by atoms with E-state index in [9.17, 15) is 14.7 Å². The molecule has 19 heavy (non-hydrogen) atoms. The van der Waals surface area contributed by atoms with E-state index in [2.05, 4.69) is 15.2 Å². The lowest BCUT2D eigenvalue weighted by atomic mass is 9.90. The molecule has 2 heterocycles. The van der Waals surface area contributed by atoms with E-state index < -0.39 is 17.9 Å². The summed E-state index contributed by atoms with van der Waals surface area (Å²) < 4.78 is 0. The molecule has 0 saturated carbocycles. The Morgan fingerprint density at radius 2 is 2.26 bits per heavy atom. The summed E-state index contributed by atoms with van der Waals surface area (Å²) in [5.41, 5.74) is 0. The Labute approximate surface area is 111 Å². The molecule has 1 aromatic heterocycles. The molecule has 0 spiro atoms. The molecule has 104 valence electrons. The van der Waals surface area contributed by atoms with Gasteiger partial charge in [-0.1, -0.05) is 13.8 Å². The van der Waals surface area contributed by atoms with Crippen molar-refractivity contribution in [3.05, 3.63) is 11.6 Å². The number of carboxylic acids is 1. The van der Waals surface area contributed by atoms with Gasteiger partial charge in [0.2, 0.25) is 5.82 Å². The number of aliphatic carboxylic acids is 1. The number of rotatable bonds is 3. The maximum absolute atomic E-state index is 12.3. The summed E-state index contributed by atoms with van der Waals surface area (Å²) in [6.07, 6.45) is 2.27. The van der Waals surface area contributed by atoms with Crippen molar-refractivity contribution >= 4 is 11.9 Å². The normalized spacial score (nSPS) is 23.4.